The highest BCUT2D eigenvalue weighted by Gasteiger charge is 2.28. The van der Waals surface area contributed by atoms with Crippen LogP contribution in [-0.2, 0) is 4.74 Å². The van der Waals surface area contributed by atoms with Crippen LogP contribution >= 0.6 is 0 Å². The lowest BCUT2D eigenvalue weighted by atomic mass is 9.97. The summed E-state index contributed by atoms with van der Waals surface area (Å²) in [5.74, 6) is -1.90. The van der Waals surface area contributed by atoms with Crippen molar-refractivity contribution in [1.82, 2.24) is 10.2 Å². The number of ether oxygens (including phenoxy) is 2. The van der Waals surface area contributed by atoms with E-state index in [-0.39, 0.29) is 17.3 Å². The molecule has 32 heavy (non-hydrogen) atoms. The van der Waals surface area contributed by atoms with E-state index in [0.29, 0.717) is 36.9 Å². The summed E-state index contributed by atoms with van der Waals surface area (Å²) in [4.78, 5) is 27.3. The van der Waals surface area contributed by atoms with Gasteiger partial charge in [-0.05, 0) is 38.2 Å². The van der Waals surface area contributed by atoms with Gasteiger partial charge in [0.2, 0.25) is 0 Å². The summed E-state index contributed by atoms with van der Waals surface area (Å²) < 4.78 is 37.7. The summed E-state index contributed by atoms with van der Waals surface area (Å²) in [7, 11) is 2.04. The molecule has 2 N–H and O–H groups in total. The van der Waals surface area contributed by atoms with Crippen molar-refractivity contribution in [3.63, 3.8) is 0 Å². The molecule has 2 atom stereocenters. The summed E-state index contributed by atoms with van der Waals surface area (Å²) in [5.41, 5.74) is 1.02. The zero-order chi connectivity index (χ0) is 22.7. The van der Waals surface area contributed by atoms with E-state index in [4.69, 9.17) is 9.47 Å². The fraction of sp³-hybridized carbons (Fsp3) is 0.391. The second-order valence-corrected chi connectivity index (χ2v) is 8.16. The first kappa shape index (κ1) is 22.0. The predicted octanol–water partition coefficient (Wildman–Crippen LogP) is 3.72. The molecule has 2 aromatic rings. The summed E-state index contributed by atoms with van der Waals surface area (Å²) in [6.45, 7) is 2.58. The van der Waals surface area contributed by atoms with Gasteiger partial charge in [-0.25, -0.2) is 13.6 Å². The zero-order valence-corrected chi connectivity index (χ0v) is 17.7. The number of hydrogen-bond acceptors (Lipinski definition) is 5. The highest BCUT2D eigenvalue weighted by molar-refractivity contribution is 6.06. The summed E-state index contributed by atoms with van der Waals surface area (Å²) in [5, 5.41) is 5.41. The molecule has 0 aromatic heterocycles. The summed E-state index contributed by atoms with van der Waals surface area (Å²) in [6, 6.07) is 7.79. The van der Waals surface area contributed by atoms with Crippen LogP contribution in [-0.4, -0.2) is 50.3 Å². The van der Waals surface area contributed by atoms with Crippen LogP contribution in [0.4, 0.5) is 19.3 Å². The molecule has 9 heteroatoms. The molecule has 0 saturated carbocycles. The van der Waals surface area contributed by atoms with Crippen LogP contribution in [0.15, 0.2) is 36.4 Å². The molecular weight excluding hydrogens is 420 g/mol. The number of benzene rings is 2. The Labute approximate surface area is 184 Å². The van der Waals surface area contributed by atoms with Gasteiger partial charge >= 0.3 is 6.09 Å². The van der Waals surface area contributed by atoms with Gasteiger partial charge in [0.15, 0.2) is 11.6 Å². The van der Waals surface area contributed by atoms with E-state index >= 15 is 0 Å². The normalized spacial score (nSPS) is 20.2. The molecular formula is C23H25F2N3O4. The molecule has 2 heterocycles. The van der Waals surface area contributed by atoms with Crippen molar-refractivity contribution in [1.29, 1.82) is 0 Å². The monoisotopic (exact) mass is 445 g/mol. The van der Waals surface area contributed by atoms with Gasteiger partial charge in [0.05, 0.1) is 24.8 Å². The molecule has 0 bridgehead atoms. The number of anilines is 1. The van der Waals surface area contributed by atoms with Crippen molar-refractivity contribution in [2.45, 2.75) is 18.9 Å². The molecule has 1 fully saturated rings. The Morgan fingerprint density at radius 1 is 1.19 bits per heavy atom. The highest BCUT2D eigenvalue weighted by atomic mass is 19.2. The maximum absolute atomic E-state index is 13.5. The SMILES string of the molecule is CN1CCC(COC(=O)NC2CCOc3c(C(=O)Nc4ccc(F)c(F)c4)cccc32)C1. The second kappa shape index (κ2) is 9.52. The average molecular weight is 445 g/mol. The third-order valence-corrected chi connectivity index (χ3v) is 5.73. The largest absolute Gasteiger partial charge is 0.492 e. The molecule has 7 nitrogen and oxygen atoms in total. The van der Waals surface area contributed by atoms with Crippen LogP contribution in [0.25, 0.3) is 0 Å². The maximum Gasteiger partial charge on any atom is 0.407 e. The average Bonchev–Trinajstić information content (AvgIpc) is 3.20. The number of para-hydroxylation sites is 1. The molecule has 1 saturated heterocycles. The Kier molecular flexibility index (Phi) is 6.55. The van der Waals surface area contributed by atoms with Gasteiger partial charge in [0.1, 0.15) is 5.75 Å². The minimum atomic E-state index is -1.05. The molecule has 4 rings (SSSR count). The molecule has 2 aromatic carbocycles. The van der Waals surface area contributed by atoms with E-state index in [0.717, 1.165) is 31.6 Å². The molecule has 0 radical (unpaired) electrons. The standard InChI is InChI=1S/C23H25F2N3O4/c1-28-9-7-14(12-28)13-32-23(30)27-20-8-10-31-21-16(20)3-2-4-17(21)22(29)26-15-5-6-18(24)19(25)11-15/h2-6,11,14,20H,7-10,12-13H2,1H3,(H,26,29)(H,27,30). The number of halogens is 2. The van der Waals surface area contributed by atoms with Crippen molar-refractivity contribution in [3.8, 4) is 5.75 Å². The summed E-state index contributed by atoms with van der Waals surface area (Å²) >= 11 is 0. The van der Waals surface area contributed by atoms with Gasteiger partial charge < -0.3 is 25.0 Å². The third-order valence-electron chi connectivity index (χ3n) is 5.73. The second-order valence-electron chi connectivity index (χ2n) is 8.16. The topological polar surface area (TPSA) is 79.9 Å². The molecule has 170 valence electrons. The molecule has 2 unspecified atom stereocenters. The number of alkyl carbamates (subject to hydrolysis) is 1. The van der Waals surface area contributed by atoms with Crippen LogP contribution in [0.1, 0.15) is 34.8 Å². The first-order valence-corrected chi connectivity index (χ1v) is 10.5. The number of hydrogen-bond donors (Lipinski definition) is 2. The first-order chi connectivity index (χ1) is 15.4. The van der Waals surface area contributed by atoms with Gasteiger partial charge in [-0.15, -0.1) is 0 Å². The summed E-state index contributed by atoms with van der Waals surface area (Å²) in [6.07, 6.45) is 1.03. The van der Waals surface area contributed by atoms with Gasteiger partial charge in [0.25, 0.3) is 5.91 Å². The quantitative estimate of drug-likeness (QED) is 0.734. The third kappa shape index (κ3) is 4.99. The van der Waals surface area contributed by atoms with E-state index < -0.39 is 23.6 Å². The molecule has 2 aliphatic heterocycles. The van der Waals surface area contributed by atoms with Crippen molar-refractivity contribution in [2.75, 3.05) is 38.7 Å². The molecule has 2 aliphatic rings. The van der Waals surface area contributed by atoms with Crippen LogP contribution in [0.2, 0.25) is 0 Å². The van der Waals surface area contributed by atoms with E-state index in [1.807, 2.05) is 7.05 Å². The number of fused-ring (bicyclic) bond motifs is 1. The Morgan fingerprint density at radius 3 is 2.78 bits per heavy atom. The lowest BCUT2D eigenvalue weighted by Gasteiger charge is -2.28. The van der Waals surface area contributed by atoms with E-state index in [9.17, 15) is 18.4 Å². The minimum Gasteiger partial charge on any atom is -0.492 e. The molecule has 0 aliphatic carbocycles. The number of nitrogens with zero attached hydrogens (tertiary/aromatic N) is 1. The predicted molar refractivity (Wildman–Crippen MR) is 114 cm³/mol. The smallest absolute Gasteiger partial charge is 0.407 e. The van der Waals surface area contributed by atoms with E-state index in [2.05, 4.69) is 15.5 Å². The van der Waals surface area contributed by atoms with Gasteiger partial charge in [-0.1, -0.05) is 12.1 Å². The number of nitrogens with one attached hydrogen (secondary N) is 2. The van der Waals surface area contributed by atoms with Crippen molar-refractivity contribution in [2.24, 2.45) is 5.92 Å². The molecule has 2 amide bonds. The van der Waals surface area contributed by atoms with Crippen molar-refractivity contribution >= 4 is 17.7 Å². The van der Waals surface area contributed by atoms with Crippen LogP contribution < -0.4 is 15.4 Å². The number of carbonyl (C=O) groups excluding carboxylic acids is 2. The highest BCUT2D eigenvalue weighted by Crippen LogP contribution is 2.35. The van der Waals surface area contributed by atoms with Gasteiger partial charge in [0, 0.05) is 36.2 Å². The van der Waals surface area contributed by atoms with Crippen LogP contribution in [0.3, 0.4) is 0 Å². The number of carbonyl (C=O) groups is 2. The van der Waals surface area contributed by atoms with Gasteiger partial charge in [-0.3, -0.25) is 4.79 Å². The van der Waals surface area contributed by atoms with Crippen molar-refractivity contribution in [3.05, 3.63) is 59.2 Å². The number of rotatable bonds is 5. The van der Waals surface area contributed by atoms with Gasteiger partial charge in [-0.2, -0.15) is 0 Å². The Bertz CT molecular complexity index is 1020. The lowest BCUT2D eigenvalue weighted by Crippen LogP contribution is -2.34. The van der Waals surface area contributed by atoms with Crippen LogP contribution in [0, 0.1) is 17.6 Å². The minimum absolute atomic E-state index is 0.123. The van der Waals surface area contributed by atoms with Crippen molar-refractivity contribution < 1.29 is 27.8 Å². The fourth-order valence-corrected chi connectivity index (χ4v) is 4.07. The lowest BCUT2D eigenvalue weighted by molar-refractivity contribution is 0.102. The maximum atomic E-state index is 13.5. The zero-order valence-electron chi connectivity index (χ0n) is 17.7. The Balaban J connectivity index is 1.43. The Morgan fingerprint density at radius 2 is 2.03 bits per heavy atom. The van der Waals surface area contributed by atoms with E-state index in [1.165, 1.54) is 6.07 Å². The van der Waals surface area contributed by atoms with Crippen LogP contribution in [0.5, 0.6) is 5.75 Å². The first-order valence-electron chi connectivity index (χ1n) is 10.5. The fourth-order valence-electron chi connectivity index (χ4n) is 4.07. The Hall–Kier alpha value is -3.20. The number of likely N-dealkylation sites (tertiary alicyclic amines) is 1. The number of amides is 2. The van der Waals surface area contributed by atoms with E-state index in [1.54, 1.807) is 18.2 Å². The molecule has 0 spiro atoms.